The maximum atomic E-state index is 11.2. The molecule has 0 unspecified atom stereocenters. The van der Waals surface area contributed by atoms with Crippen LogP contribution in [0.5, 0.6) is 0 Å². The predicted molar refractivity (Wildman–Crippen MR) is 103 cm³/mol. The van der Waals surface area contributed by atoms with Crippen molar-refractivity contribution in [2.45, 2.75) is 32.6 Å². The van der Waals surface area contributed by atoms with E-state index in [1.807, 2.05) is 13.0 Å². The number of hydrogen-bond acceptors (Lipinski definition) is 7. The smallest absolute Gasteiger partial charge is 0.223 e. The Balaban J connectivity index is 1.47. The molecule has 0 saturated carbocycles. The quantitative estimate of drug-likeness (QED) is 0.765. The SMILES string of the molecule is CC(=O)Nc1nc2nc(C3CCN(c4cc(C)ncn4)CC3)ccc2s1. The minimum atomic E-state index is -0.114. The summed E-state index contributed by atoms with van der Waals surface area (Å²) in [6.45, 7) is 5.38. The number of carbonyl (C=O) groups is 1. The van der Waals surface area contributed by atoms with Gasteiger partial charge in [0.05, 0.1) is 4.70 Å². The molecule has 4 heterocycles. The summed E-state index contributed by atoms with van der Waals surface area (Å²) in [6, 6.07) is 6.18. The third kappa shape index (κ3) is 3.50. The molecule has 1 aliphatic heterocycles. The third-order valence-corrected chi connectivity index (χ3v) is 5.51. The summed E-state index contributed by atoms with van der Waals surface area (Å²) in [7, 11) is 0. The van der Waals surface area contributed by atoms with Gasteiger partial charge in [-0.1, -0.05) is 11.3 Å². The van der Waals surface area contributed by atoms with Crippen LogP contribution in [-0.2, 0) is 4.79 Å². The minimum Gasteiger partial charge on any atom is -0.356 e. The number of aromatic nitrogens is 4. The molecule has 3 aromatic heterocycles. The average molecular weight is 368 g/mol. The number of piperidine rings is 1. The standard InChI is InChI=1S/C18H20N6OS/c1-11-9-16(20-10-19-11)24-7-5-13(6-8-24)14-3-4-15-17(22-14)23-18(26-15)21-12(2)25/h3-4,9-10,13H,5-8H2,1-2H3,(H,21,22,23,25). The topological polar surface area (TPSA) is 83.9 Å². The van der Waals surface area contributed by atoms with Crippen molar-refractivity contribution in [2.24, 2.45) is 0 Å². The molecule has 26 heavy (non-hydrogen) atoms. The number of nitrogens with one attached hydrogen (secondary N) is 1. The molecule has 3 aromatic rings. The van der Waals surface area contributed by atoms with Crippen LogP contribution in [0.2, 0.25) is 0 Å². The van der Waals surface area contributed by atoms with Crippen molar-refractivity contribution in [1.29, 1.82) is 0 Å². The molecule has 1 saturated heterocycles. The Labute approximate surface area is 155 Å². The number of hydrogen-bond donors (Lipinski definition) is 1. The van der Waals surface area contributed by atoms with Gasteiger partial charge in [0.15, 0.2) is 10.8 Å². The van der Waals surface area contributed by atoms with Gasteiger partial charge in [-0.2, -0.15) is 4.98 Å². The van der Waals surface area contributed by atoms with Gasteiger partial charge < -0.3 is 10.2 Å². The highest BCUT2D eigenvalue weighted by Crippen LogP contribution is 2.31. The van der Waals surface area contributed by atoms with E-state index in [4.69, 9.17) is 4.98 Å². The van der Waals surface area contributed by atoms with Crippen molar-refractivity contribution in [3.8, 4) is 0 Å². The Kier molecular flexibility index (Phi) is 4.50. The molecule has 7 nitrogen and oxygen atoms in total. The lowest BCUT2D eigenvalue weighted by Crippen LogP contribution is -2.33. The molecule has 0 aliphatic carbocycles. The zero-order valence-corrected chi connectivity index (χ0v) is 15.6. The molecule has 134 valence electrons. The van der Waals surface area contributed by atoms with E-state index in [1.54, 1.807) is 6.33 Å². The largest absolute Gasteiger partial charge is 0.356 e. The lowest BCUT2D eigenvalue weighted by atomic mass is 9.93. The Morgan fingerprint density at radius 2 is 2.04 bits per heavy atom. The van der Waals surface area contributed by atoms with Gasteiger partial charge in [0.25, 0.3) is 0 Å². The Morgan fingerprint density at radius 3 is 2.77 bits per heavy atom. The first-order valence-electron chi connectivity index (χ1n) is 8.67. The van der Waals surface area contributed by atoms with E-state index in [2.05, 4.69) is 37.3 Å². The van der Waals surface area contributed by atoms with Crippen molar-refractivity contribution in [1.82, 2.24) is 19.9 Å². The van der Waals surface area contributed by atoms with Crippen LogP contribution < -0.4 is 10.2 Å². The average Bonchev–Trinajstić information content (AvgIpc) is 3.02. The summed E-state index contributed by atoms with van der Waals surface area (Å²) in [5, 5.41) is 3.33. The second-order valence-corrected chi connectivity index (χ2v) is 7.57. The first-order valence-corrected chi connectivity index (χ1v) is 9.49. The van der Waals surface area contributed by atoms with Crippen molar-refractivity contribution >= 4 is 38.5 Å². The van der Waals surface area contributed by atoms with Crippen LogP contribution in [0, 0.1) is 6.92 Å². The fourth-order valence-electron chi connectivity index (χ4n) is 3.28. The van der Waals surface area contributed by atoms with E-state index < -0.39 is 0 Å². The summed E-state index contributed by atoms with van der Waals surface area (Å²) in [4.78, 5) is 31.2. The number of amides is 1. The van der Waals surface area contributed by atoms with Gasteiger partial charge in [0.2, 0.25) is 5.91 Å². The number of fused-ring (bicyclic) bond motifs is 1. The van der Waals surface area contributed by atoms with Crippen LogP contribution >= 0.6 is 11.3 Å². The van der Waals surface area contributed by atoms with E-state index >= 15 is 0 Å². The molecule has 0 radical (unpaired) electrons. The lowest BCUT2D eigenvalue weighted by Gasteiger charge is -2.32. The summed E-state index contributed by atoms with van der Waals surface area (Å²) in [5.41, 5.74) is 2.78. The number of thiazole rings is 1. The fourth-order valence-corrected chi connectivity index (χ4v) is 4.14. The summed E-state index contributed by atoms with van der Waals surface area (Å²) in [6.07, 6.45) is 3.69. The van der Waals surface area contributed by atoms with Gasteiger partial charge in [0.1, 0.15) is 12.1 Å². The van der Waals surface area contributed by atoms with Crippen molar-refractivity contribution in [3.63, 3.8) is 0 Å². The fraction of sp³-hybridized carbons (Fsp3) is 0.389. The Hall–Kier alpha value is -2.61. The van der Waals surface area contributed by atoms with Gasteiger partial charge in [-0.05, 0) is 31.9 Å². The zero-order valence-electron chi connectivity index (χ0n) is 14.8. The third-order valence-electron chi connectivity index (χ3n) is 4.58. The molecular formula is C18H20N6OS. The molecule has 0 atom stereocenters. The second kappa shape index (κ2) is 6.95. The van der Waals surface area contributed by atoms with E-state index in [9.17, 15) is 4.79 Å². The first-order chi connectivity index (χ1) is 12.6. The van der Waals surface area contributed by atoms with Crippen LogP contribution in [-0.4, -0.2) is 38.9 Å². The van der Waals surface area contributed by atoms with E-state index in [1.165, 1.54) is 18.3 Å². The second-order valence-electron chi connectivity index (χ2n) is 6.54. The predicted octanol–water partition coefficient (Wildman–Crippen LogP) is 3.13. The molecule has 0 bridgehead atoms. The van der Waals surface area contributed by atoms with E-state index in [0.29, 0.717) is 16.7 Å². The minimum absolute atomic E-state index is 0.114. The van der Waals surface area contributed by atoms with Gasteiger partial charge in [-0.3, -0.25) is 4.79 Å². The Morgan fingerprint density at radius 1 is 1.23 bits per heavy atom. The summed E-state index contributed by atoms with van der Waals surface area (Å²) < 4.78 is 0.992. The van der Waals surface area contributed by atoms with Crippen LogP contribution in [0.15, 0.2) is 24.5 Å². The molecule has 1 amide bonds. The number of anilines is 2. The van der Waals surface area contributed by atoms with Gasteiger partial charge in [0, 0.05) is 43.4 Å². The van der Waals surface area contributed by atoms with Crippen molar-refractivity contribution in [3.05, 3.63) is 35.9 Å². The maximum Gasteiger partial charge on any atom is 0.223 e. The molecule has 1 N–H and O–H groups in total. The number of pyridine rings is 1. The normalized spacial score (nSPS) is 15.4. The molecule has 0 aromatic carbocycles. The number of nitrogens with zero attached hydrogens (tertiary/aromatic N) is 5. The zero-order chi connectivity index (χ0) is 18.1. The van der Waals surface area contributed by atoms with Gasteiger partial charge >= 0.3 is 0 Å². The van der Waals surface area contributed by atoms with Crippen molar-refractivity contribution in [2.75, 3.05) is 23.3 Å². The Bertz CT molecular complexity index is 948. The van der Waals surface area contributed by atoms with Crippen LogP contribution in [0.4, 0.5) is 10.9 Å². The van der Waals surface area contributed by atoms with Crippen LogP contribution in [0.25, 0.3) is 10.3 Å². The number of aryl methyl sites for hydroxylation is 1. The maximum absolute atomic E-state index is 11.2. The van der Waals surface area contributed by atoms with Gasteiger partial charge in [-0.25, -0.2) is 15.0 Å². The first kappa shape index (κ1) is 16.8. The van der Waals surface area contributed by atoms with Crippen LogP contribution in [0.3, 0.4) is 0 Å². The highest BCUT2D eigenvalue weighted by Gasteiger charge is 2.23. The highest BCUT2D eigenvalue weighted by atomic mass is 32.1. The molecule has 1 fully saturated rings. The van der Waals surface area contributed by atoms with Gasteiger partial charge in [-0.15, -0.1) is 0 Å². The monoisotopic (exact) mass is 368 g/mol. The summed E-state index contributed by atoms with van der Waals surface area (Å²) in [5.74, 6) is 1.31. The van der Waals surface area contributed by atoms with E-state index in [-0.39, 0.29) is 5.91 Å². The molecule has 8 heteroatoms. The van der Waals surface area contributed by atoms with Crippen LogP contribution in [0.1, 0.15) is 37.1 Å². The number of carbonyl (C=O) groups excluding carboxylic acids is 1. The molecule has 1 aliphatic rings. The molecule has 0 spiro atoms. The molecular weight excluding hydrogens is 348 g/mol. The highest BCUT2D eigenvalue weighted by molar-refractivity contribution is 7.22. The van der Waals surface area contributed by atoms with Crippen molar-refractivity contribution < 1.29 is 4.79 Å². The summed E-state index contributed by atoms with van der Waals surface area (Å²) >= 11 is 1.45. The molecule has 4 rings (SSSR count). The van der Waals surface area contributed by atoms with E-state index in [0.717, 1.165) is 47.8 Å². The lowest BCUT2D eigenvalue weighted by molar-refractivity contribution is -0.114. The number of rotatable bonds is 3.